The molecule has 0 spiro atoms. The van der Waals surface area contributed by atoms with Gasteiger partial charge in [0.25, 0.3) is 0 Å². The van der Waals surface area contributed by atoms with Crippen molar-refractivity contribution in [3.63, 3.8) is 0 Å². The van der Waals surface area contributed by atoms with Crippen LogP contribution in [0.2, 0.25) is 0 Å². The summed E-state index contributed by atoms with van der Waals surface area (Å²) in [7, 11) is -2.54. The largest absolute Gasteiger partial charge is 0.497 e. The minimum absolute atomic E-state index is 0.0281. The first-order valence-electron chi connectivity index (χ1n) is 8.86. The van der Waals surface area contributed by atoms with Gasteiger partial charge in [-0.3, -0.25) is 0 Å². The highest BCUT2D eigenvalue weighted by Crippen LogP contribution is 2.29. The van der Waals surface area contributed by atoms with Crippen LogP contribution in [0.15, 0.2) is 95.9 Å². The van der Waals surface area contributed by atoms with Crippen LogP contribution >= 0.6 is 0 Å². The molecule has 7 heteroatoms. The van der Waals surface area contributed by atoms with Crippen LogP contribution in [0, 0.1) is 0 Å². The number of benzene rings is 3. The van der Waals surface area contributed by atoms with Gasteiger partial charge in [-0.05, 0) is 36.4 Å². The van der Waals surface area contributed by atoms with Crippen molar-refractivity contribution in [1.82, 2.24) is 9.78 Å². The summed E-state index contributed by atoms with van der Waals surface area (Å²) >= 11 is 0. The van der Waals surface area contributed by atoms with Gasteiger partial charge in [0, 0.05) is 11.6 Å². The Kier molecular flexibility index (Phi) is 5.05. The summed E-state index contributed by atoms with van der Waals surface area (Å²) in [5.74, 6) is 0.663. The summed E-state index contributed by atoms with van der Waals surface area (Å²) in [4.78, 5) is 0.0281. The van der Waals surface area contributed by atoms with Gasteiger partial charge in [-0.15, -0.1) is 0 Å². The zero-order valence-electron chi connectivity index (χ0n) is 15.6. The van der Waals surface area contributed by atoms with Gasteiger partial charge in [0.05, 0.1) is 18.5 Å². The van der Waals surface area contributed by atoms with Crippen molar-refractivity contribution in [3.05, 3.63) is 91.0 Å². The lowest BCUT2D eigenvalue weighted by molar-refractivity contribution is 0.414. The molecule has 0 radical (unpaired) electrons. The average Bonchev–Trinajstić information content (AvgIpc) is 3.18. The quantitative estimate of drug-likeness (QED) is 0.446. The molecule has 0 aliphatic rings. The topological polar surface area (TPSA) is 70.4 Å². The molecule has 0 amide bonds. The predicted molar refractivity (Wildman–Crippen MR) is 110 cm³/mol. The molecule has 1 heterocycles. The molecule has 0 aliphatic carbocycles. The molecule has 6 nitrogen and oxygen atoms in total. The van der Waals surface area contributed by atoms with Crippen molar-refractivity contribution in [2.45, 2.75) is 4.90 Å². The Hall–Kier alpha value is -3.58. The molecule has 0 aliphatic heterocycles. The Bertz CT molecular complexity index is 1200. The van der Waals surface area contributed by atoms with E-state index in [2.05, 4.69) is 5.10 Å². The van der Waals surface area contributed by atoms with Crippen LogP contribution in [0.1, 0.15) is 0 Å². The Labute approximate surface area is 169 Å². The molecule has 0 bridgehead atoms. The number of para-hydroxylation sites is 1. The second-order valence-corrected chi connectivity index (χ2v) is 7.74. The molecule has 3 aromatic carbocycles. The summed E-state index contributed by atoms with van der Waals surface area (Å²) in [5, 5.41) is 4.56. The number of nitrogens with zero attached hydrogens (tertiary/aromatic N) is 2. The first-order chi connectivity index (χ1) is 14.1. The van der Waals surface area contributed by atoms with Crippen molar-refractivity contribution < 1.29 is 17.3 Å². The standard InChI is InChI=1S/C22H18N2O4S/c1-27-19-12-14-20(15-13-19)29(25,26)28-22-16-21(17-8-4-2-5-9-17)23-24(22)18-10-6-3-7-11-18/h2-16H,1H3. The zero-order chi connectivity index (χ0) is 20.3. The Morgan fingerprint density at radius 2 is 1.45 bits per heavy atom. The fourth-order valence-electron chi connectivity index (χ4n) is 2.83. The molecule has 4 aromatic rings. The fraction of sp³-hybridized carbons (Fsp3) is 0.0455. The van der Waals surface area contributed by atoms with Crippen LogP contribution in [-0.2, 0) is 10.1 Å². The molecule has 146 valence electrons. The summed E-state index contributed by atoms with van der Waals surface area (Å²) in [6.45, 7) is 0. The van der Waals surface area contributed by atoms with Crippen molar-refractivity contribution in [3.8, 4) is 28.6 Å². The molecule has 0 saturated heterocycles. The summed E-state index contributed by atoms with van der Waals surface area (Å²) in [6.07, 6.45) is 0. The van der Waals surface area contributed by atoms with E-state index in [1.54, 1.807) is 18.2 Å². The third-order valence-corrected chi connectivity index (χ3v) is 5.53. The van der Waals surface area contributed by atoms with E-state index in [4.69, 9.17) is 8.92 Å². The maximum Gasteiger partial charge on any atom is 0.340 e. The lowest BCUT2D eigenvalue weighted by Crippen LogP contribution is -2.12. The van der Waals surface area contributed by atoms with Gasteiger partial charge in [-0.1, -0.05) is 48.5 Å². The van der Waals surface area contributed by atoms with Crippen LogP contribution in [-0.4, -0.2) is 25.3 Å². The molecular weight excluding hydrogens is 388 g/mol. The smallest absolute Gasteiger partial charge is 0.340 e. The highest BCUT2D eigenvalue weighted by molar-refractivity contribution is 7.87. The second kappa shape index (κ2) is 7.81. The minimum Gasteiger partial charge on any atom is -0.497 e. The van der Waals surface area contributed by atoms with Gasteiger partial charge in [0.2, 0.25) is 5.88 Å². The zero-order valence-corrected chi connectivity index (χ0v) is 16.4. The van der Waals surface area contributed by atoms with Gasteiger partial charge in [0.15, 0.2) is 0 Å². The van der Waals surface area contributed by atoms with Crippen LogP contribution in [0.5, 0.6) is 11.6 Å². The van der Waals surface area contributed by atoms with Gasteiger partial charge < -0.3 is 8.92 Å². The SMILES string of the molecule is COc1ccc(S(=O)(=O)Oc2cc(-c3ccccc3)nn2-c2ccccc2)cc1. The first-order valence-corrected chi connectivity index (χ1v) is 10.3. The number of hydrogen-bond acceptors (Lipinski definition) is 5. The number of ether oxygens (including phenoxy) is 1. The molecule has 1 aromatic heterocycles. The Balaban J connectivity index is 1.76. The van der Waals surface area contributed by atoms with E-state index >= 15 is 0 Å². The van der Waals surface area contributed by atoms with Gasteiger partial charge in [0.1, 0.15) is 10.6 Å². The van der Waals surface area contributed by atoms with E-state index in [0.29, 0.717) is 17.1 Å². The van der Waals surface area contributed by atoms with Crippen molar-refractivity contribution in [1.29, 1.82) is 0 Å². The molecule has 4 rings (SSSR count). The third-order valence-electron chi connectivity index (χ3n) is 4.29. The average molecular weight is 406 g/mol. The van der Waals surface area contributed by atoms with Gasteiger partial charge in [-0.2, -0.15) is 18.2 Å². The Morgan fingerprint density at radius 3 is 2.07 bits per heavy atom. The molecule has 0 unspecified atom stereocenters. The lowest BCUT2D eigenvalue weighted by atomic mass is 10.2. The number of rotatable bonds is 6. The van der Waals surface area contributed by atoms with E-state index in [-0.39, 0.29) is 10.8 Å². The summed E-state index contributed by atoms with van der Waals surface area (Å²) < 4.78 is 37.7. The van der Waals surface area contributed by atoms with Crippen molar-refractivity contribution >= 4 is 10.1 Å². The molecule has 0 fully saturated rings. The van der Waals surface area contributed by atoms with Crippen molar-refractivity contribution in [2.75, 3.05) is 7.11 Å². The number of hydrogen-bond donors (Lipinski definition) is 0. The normalized spacial score (nSPS) is 11.2. The molecule has 0 saturated carbocycles. The van der Waals surface area contributed by atoms with E-state index in [0.717, 1.165) is 5.56 Å². The highest BCUT2D eigenvalue weighted by Gasteiger charge is 2.21. The van der Waals surface area contributed by atoms with Gasteiger partial charge >= 0.3 is 10.1 Å². The van der Waals surface area contributed by atoms with E-state index in [1.807, 2.05) is 60.7 Å². The van der Waals surface area contributed by atoms with Crippen LogP contribution in [0.25, 0.3) is 16.9 Å². The predicted octanol–water partition coefficient (Wildman–Crippen LogP) is 4.32. The summed E-state index contributed by atoms with van der Waals surface area (Å²) in [5.41, 5.74) is 2.15. The summed E-state index contributed by atoms with van der Waals surface area (Å²) in [6, 6.07) is 26.4. The molecular formula is C22H18N2O4S. The maximum atomic E-state index is 12.8. The van der Waals surface area contributed by atoms with Crippen LogP contribution < -0.4 is 8.92 Å². The fourth-order valence-corrected chi connectivity index (χ4v) is 3.74. The molecule has 0 atom stereocenters. The molecule has 29 heavy (non-hydrogen) atoms. The minimum atomic E-state index is -4.05. The monoisotopic (exact) mass is 406 g/mol. The van der Waals surface area contributed by atoms with E-state index < -0.39 is 10.1 Å². The van der Waals surface area contributed by atoms with Gasteiger partial charge in [-0.25, -0.2) is 0 Å². The third kappa shape index (κ3) is 4.00. The van der Waals surface area contributed by atoms with E-state index in [9.17, 15) is 8.42 Å². The number of aromatic nitrogens is 2. The first kappa shape index (κ1) is 18.8. The van der Waals surface area contributed by atoms with Crippen LogP contribution in [0.3, 0.4) is 0 Å². The van der Waals surface area contributed by atoms with Crippen LogP contribution in [0.4, 0.5) is 0 Å². The lowest BCUT2D eigenvalue weighted by Gasteiger charge is -2.09. The maximum absolute atomic E-state index is 12.8. The van der Waals surface area contributed by atoms with E-state index in [1.165, 1.54) is 23.9 Å². The Morgan fingerprint density at radius 1 is 0.828 bits per heavy atom. The second-order valence-electron chi connectivity index (χ2n) is 6.19. The number of methoxy groups -OCH3 is 1. The van der Waals surface area contributed by atoms with Crippen molar-refractivity contribution in [2.24, 2.45) is 0 Å². The highest BCUT2D eigenvalue weighted by atomic mass is 32.2. The molecule has 0 N–H and O–H groups in total.